The monoisotopic (exact) mass is 278 g/mol. The summed E-state index contributed by atoms with van der Waals surface area (Å²) in [5.41, 5.74) is 0.633. The predicted octanol–water partition coefficient (Wildman–Crippen LogP) is 2.07. The van der Waals surface area contributed by atoms with Crippen molar-refractivity contribution in [3.05, 3.63) is 24.3 Å². The number of carbonyl (C=O) groups excluding carboxylic acids is 1. The number of urea groups is 1. The number of hydrogen-bond donors (Lipinski definition) is 3. The number of methoxy groups -OCH3 is 1. The van der Waals surface area contributed by atoms with Crippen LogP contribution in [0, 0.1) is 5.92 Å². The third-order valence-corrected chi connectivity index (χ3v) is 3.25. The zero-order valence-electron chi connectivity index (χ0n) is 11.3. The number of carbonyl (C=O) groups is 2. The maximum atomic E-state index is 11.8. The highest BCUT2D eigenvalue weighted by Crippen LogP contribution is 2.34. The first-order valence-corrected chi connectivity index (χ1v) is 6.52. The molecule has 0 spiro atoms. The Bertz CT molecular complexity index is 482. The van der Waals surface area contributed by atoms with Gasteiger partial charge in [0.1, 0.15) is 5.75 Å². The fourth-order valence-corrected chi connectivity index (χ4v) is 2.03. The lowest BCUT2D eigenvalue weighted by Crippen LogP contribution is -2.40. The standard InChI is InChI=1S/C14H18N2O4/c1-20-11-6-4-10(5-7-11)15-14(19)16-12(8-13(17)18)9-2-3-9/h4-7,9,12H,2-3,8H2,1H3,(H,17,18)(H2,15,16,19). The van der Waals surface area contributed by atoms with Crippen molar-refractivity contribution in [1.82, 2.24) is 5.32 Å². The van der Waals surface area contributed by atoms with Gasteiger partial charge in [0.15, 0.2) is 0 Å². The third-order valence-electron chi connectivity index (χ3n) is 3.25. The van der Waals surface area contributed by atoms with E-state index in [1.165, 1.54) is 0 Å². The van der Waals surface area contributed by atoms with Crippen LogP contribution in [0.3, 0.4) is 0 Å². The van der Waals surface area contributed by atoms with E-state index in [9.17, 15) is 9.59 Å². The van der Waals surface area contributed by atoms with Crippen molar-refractivity contribution in [3.8, 4) is 5.75 Å². The average molecular weight is 278 g/mol. The number of anilines is 1. The molecule has 1 unspecified atom stereocenters. The van der Waals surface area contributed by atoms with Crippen molar-refractivity contribution in [2.45, 2.75) is 25.3 Å². The second kappa shape index (κ2) is 6.27. The van der Waals surface area contributed by atoms with Crippen LogP contribution in [0.2, 0.25) is 0 Å². The highest BCUT2D eigenvalue weighted by atomic mass is 16.5. The van der Waals surface area contributed by atoms with Gasteiger partial charge in [0, 0.05) is 11.7 Å². The molecule has 1 aromatic rings. The Morgan fingerprint density at radius 3 is 2.50 bits per heavy atom. The molecule has 108 valence electrons. The largest absolute Gasteiger partial charge is 0.497 e. The van der Waals surface area contributed by atoms with Gasteiger partial charge in [-0.15, -0.1) is 0 Å². The van der Waals surface area contributed by atoms with Crippen molar-refractivity contribution in [2.75, 3.05) is 12.4 Å². The summed E-state index contributed by atoms with van der Waals surface area (Å²) in [6, 6.07) is 6.25. The molecule has 2 rings (SSSR count). The Labute approximate surface area is 117 Å². The van der Waals surface area contributed by atoms with Crippen molar-refractivity contribution < 1.29 is 19.4 Å². The van der Waals surface area contributed by atoms with E-state index in [1.54, 1.807) is 31.4 Å². The van der Waals surface area contributed by atoms with Gasteiger partial charge in [-0.3, -0.25) is 4.79 Å². The number of carboxylic acid groups (broad SMARTS) is 1. The van der Waals surface area contributed by atoms with E-state index in [1.807, 2.05) is 0 Å². The van der Waals surface area contributed by atoms with Crippen LogP contribution in [-0.2, 0) is 4.79 Å². The van der Waals surface area contributed by atoms with Crippen molar-refractivity contribution >= 4 is 17.7 Å². The van der Waals surface area contributed by atoms with Gasteiger partial charge >= 0.3 is 12.0 Å². The fourth-order valence-electron chi connectivity index (χ4n) is 2.03. The molecule has 6 nitrogen and oxygen atoms in total. The Morgan fingerprint density at radius 2 is 2.00 bits per heavy atom. The molecular weight excluding hydrogens is 260 g/mol. The molecule has 20 heavy (non-hydrogen) atoms. The summed E-state index contributed by atoms with van der Waals surface area (Å²) in [4.78, 5) is 22.6. The van der Waals surface area contributed by atoms with Crippen LogP contribution in [0.25, 0.3) is 0 Å². The minimum Gasteiger partial charge on any atom is -0.497 e. The number of carboxylic acids is 1. The molecule has 0 saturated heterocycles. The number of benzene rings is 1. The van der Waals surface area contributed by atoms with Gasteiger partial charge in [-0.25, -0.2) is 4.79 Å². The minimum atomic E-state index is -0.897. The molecule has 0 heterocycles. The molecule has 1 saturated carbocycles. The lowest BCUT2D eigenvalue weighted by atomic mass is 10.1. The second-order valence-electron chi connectivity index (χ2n) is 4.87. The number of hydrogen-bond acceptors (Lipinski definition) is 3. The molecule has 0 radical (unpaired) electrons. The quantitative estimate of drug-likeness (QED) is 0.743. The summed E-state index contributed by atoms with van der Waals surface area (Å²) < 4.78 is 5.03. The summed E-state index contributed by atoms with van der Waals surface area (Å²) >= 11 is 0. The zero-order chi connectivity index (χ0) is 14.5. The van der Waals surface area contributed by atoms with E-state index >= 15 is 0 Å². The Morgan fingerprint density at radius 1 is 1.35 bits per heavy atom. The van der Waals surface area contributed by atoms with Gasteiger partial charge in [-0.05, 0) is 43.0 Å². The molecule has 6 heteroatoms. The second-order valence-corrected chi connectivity index (χ2v) is 4.87. The molecule has 0 bridgehead atoms. The van der Waals surface area contributed by atoms with E-state index in [-0.39, 0.29) is 24.4 Å². The molecule has 1 aliphatic rings. The van der Waals surface area contributed by atoms with Crippen LogP contribution in [-0.4, -0.2) is 30.3 Å². The van der Waals surface area contributed by atoms with Gasteiger partial charge in [0.05, 0.1) is 13.5 Å². The van der Waals surface area contributed by atoms with Gasteiger partial charge in [-0.1, -0.05) is 0 Å². The normalized spacial score (nSPS) is 15.2. The third kappa shape index (κ3) is 4.15. The van der Waals surface area contributed by atoms with Crippen LogP contribution >= 0.6 is 0 Å². The number of amides is 2. The van der Waals surface area contributed by atoms with Gasteiger partial charge < -0.3 is 20.5 Å². The first-order chi connectivity index (χ1) is 9.58. The maximum Gasteiger partial charge on any atom is 0.319 e. The van der Waals surface area contributed by atoms with Crippen LogP contribution in [0.5, 0.6) is 5.75 Å². The van der Waals surface area contributed by atoms with Crippen molar-refractivity contribution in [2.24, 2.45) is 5.92 Å². The van der Waals surface area contributed by atoms with Crippen LogP contribution < -0.4 is 15.4 Å². The number of rotatable bonds is 6. The van der Waals surface area contributed by atoms with Crippen LogP contribution in [0.4, 0.5) is 10.5 Å². The highest BCUT2D eigenvalue weighted by Gasteiger charge is 2.33. The summed E-state index contributed by atoms with van der Waals surface area (Å²) in [6.45, 7) is 0. The molecule has 2 amide bonds. The Hall–Kier alpha value is -2.24. The van der Waals surface area contributed by atoms with Gasteiger partial charge in [-0.2, -0.15) is 0 Å². The van der Waals surface area contributed by atoms with Crippen molar-refractivity contribution in [1.29, 1.82) is 0 Å². The summed E-state index contributed by atoms with van der Waals surface area (Å²) in [5.74, 6) is 0.0945. The SMILES string of the molecule is COc1ccc(NC(=O)NC(CC(=O)O)C2CC2)cc1. The van der Waals surface area contributed by atoms with E-state index in [4.69, 9.17) is 9.84 Å². The maximum absolute atomic E-state index is 11.8. The lowest BCUT2D eigenvalue weighted by Gasteiger charge is -2.16. The molecule has 1 aromatic carbocycles. The molecule has 1 aliphatic carbocycles. The Balaban J connectivity index is 1.88. The number of nitrogens with one attached hydrogen (secondary N) is 2. The molecule has 0 aliphatic heterocycles. The van der Waals surface area contributed by atoms with E-state index < -0.39 is 5.97 Å². The summed E-state index contributed by atoms with van der Waals surface area (Å²) in [7, 11) is 1.57. The van der Waals surface area contributed by atoms with Crippen molar-refractivity contribution in [3.63, 3.8) is 0 Å². The molecule has 0 aromatic heterocycles. The first kappa shape index (κ1) is 14.2. The van der Waals surface area contributed by atoms with Crippen LogP contribution in [0.15, 0.2) is 24.3 Å². The molecule has 1 atom stereocenters. The smallest absolute Gasteiger partial charge is 0.319 e. The lowest BCUT2D eigenvalue weighted by molar-refractivity contribution is -0.137. The van der Waals surface area contributed by atoms with Gasteiger partial charge in [0.25, 0.3) is 0 Å². The minimum absolute atomic E-state index is 0.0410. The zero-order valence-corrected chi connectivity index (χ0v) is 11.3. The first-order valence-electron chi connectivity index (χ1n) is 6.52. The molecular formula is C14H18N2O4. The number of ether oxygens (including phenoxy) is 1. The summed E-state index contributed by atoms with van der Waals surface area (Å²) in [6.07, 6.45) is 1.90. The fraction of sp³-hybridized carbons (Fsp3) is 0.429. The van der Waals surface area contributed by atoms with E-state index in [0.29, 0.717) is 11.4 Å². The van der Waals surface area contributed by atoms with E-state index in [2.05, 4.69) is 10.6 Å². The van der Waals surface area contributed by atoms with Gasteiger partial charge in [0.2, 0.25) is 0 Å². The topological polar surface area (TPSA) is 87.7 Å². The summed E-state index contributed by atoms with van der Waals surface area (Å²) in [5, 5.41) is 14.2. The molecule has 3 N–H and O–H groups in total. The Kier molecular flexibility index (Phi) is 4.45. The molecule has 1 fully saturated rings. The predicted molar refractivity (Wildman–Crippen MR) is 73.9 cm³/mol. The average Bonchev–Trinajstić information content (AvgIpc) is 3.22. The highest BCUT2D eigenvalue weighted by molar-refractivity contribution is 5.89. The van der Waals surface area contributed by atoms with E-state index in [0.717, 1.165) is 12.8 Å². The van der Waals surface area contributed by atoms with Crippen LogP contribution in [0.1, 0.15) is 19.3 Å². The number of aliphatic carboxylic acids is 1.